The second kappa shape index (κ2) is 6.39. The first kappa shape index (κ1) is 15.4. The van der Waals surface area contributed by atoms with E-state index in [2.05, 4.69) is 10.1 Å². The van der Waals surface area contributed by atoms with Crippen LogP contribution < -0.4 is 5.56 Å². The Hall–Kier alpha value is -2.15. The molecule has 0 unspecified atom stereocenters. The van der Waals surface area contributed by atoms with E-state index >= 15 is 0 Å². The summed E-state index contributed by atoms with van der Waals surface area (Å²) < 4.78 is 7.05. The second-order valence-corrected chi connectivity index (χ2v) is 6.99. The molecule has 0 N–H and O–H groups in total. The van der Waals surface area contributed by atoms with Crippen molar-refractivity contribution in [3.8, 4) is 0 Å². The zero-order valence-corrected chi connectivity index (χ0v) is 14.3. The summed E-state index contributed by atoms with van der Waals surface area (Å²) in [5.41, 5.74) is 0.790. The third-order valence-electron chi connectivity index (χ3n) is 4.36. The molecule has 124 valence electrons. The van der Waals surface area contributed by atoms with Gasteiger partial charge in [0.25, 0.3) is 5.56 Å². The molecule has 0 saturated heterocycles. The van der Waals surface area contributed by atoms with Gasteiger partial charge in [-0.25, -0.2) is 4.98 Å². The Kier molecular flexibility index (Phi) is 4.10. The third kappa shape index (κ3) is 2.84. The quantitative estimate of drug-likeness (QED) is 0.534. The minimum atomic E-state index is 0.0525. The van der Waals surface area contributed by atoms with Gasteiger partial charge in [-0.2, -0.15) is 4.98 Å². The molecule has 0 spiro atoms. The van der Waals surface area contributed by atoms with E-state index in [1.54, 1.807) is 6.92 Å². The van der Waals surface area contributed by atoms with E-state index in [0.717, 1.165) is 36.4 Å². The van der Waals surface area contributed by atoms with Gasteiger partial charge in [0.2, 0.25) is 5.89 Å². The molecule has 0 amide bonds. The van der Waals surface area contributed by atoms with Crippen LogP contribution in [0.3, 0.4) is 0 Å². The molecule has 4 rings (SSSR count). The van der Waals surface area contributed by atoms with E-state index in [1.165, 1.54) is 11.8 Å². The van der Waals surface area contributed by atoms with Crippen LogP contribution in [0.15, 0.2) is 38.7 Å². The highest BCUT2D eigenvalue weighted by molar-refractivity contribution is 7.98. The fraction of sp³-hybridized carbons (Fsp3) is 0.412. The van der Waals surface area contributed by atoms with Gasteiger partial charge in [-0.3, -0.25) is 9.36 Å². The van der Waals surface area contributed by atoms with Gasteiger partial charge in [-0.15, -0.1) is 0 Å². The minimum Gasteiger partial charge on any atom is -0.338 e. The maximum atomic E-state index is 13.0. The molecule has 0 radical (unpaired) electrons. The molecular weight excluding hydrogens is 324 g/mol. The Labute approximate surface area is 143 Å². The summed E-state index contributed by atoms with van der Waals surface area (Å²) in [5, 5.41) is 5.23. The van der Waals surface area contributed by atoms with Crippen molar-refractivity contribution in [1.29, 1.82) is 0 Å². The number of benzene rings is 1. The fourth-order valence-corrected chi connectivity index (χ4v) is 4.14. The van der Waals surface area contributed by atoms with Crippen molar-refractivity contribution in [3.63, 3.8) is 0 Å². The summed E-state index contributed by atoms with van der Waals surface area (Å²) >= 11 is 1.48. The van der Waals surface area contributed by atoms with Crippen molar-refractivity contribution in [1.82, 2.24) is 19.7 Å². The number of rotatable bonds is 4. The lowest BCUT2D eigenvalue weighted by Crippen LogP contribution is -2.26. The molecule has 0 aliphatic heterocycles. The summed E-state index contributed by atoms with van der Waals surface area (Å²) in [6.07, 6.45) is 4.40. The van der Waals surface area contributed by atoms with Crippen LogP contribution in [-0.2, 0) is 5.75 Å². The number of thioether (sulfide) groups is 1. The highest BCUT2D eigenvalue weighted by atomic mass is 32.2. The first-order chi connectivity index (χ1) is 11.7. The largest absolute Gasteiger partial charge is 0.338 e. The van der Waals surface area contributed by atoms with E-state index in [9.17, 15) is 4.79 Å². The van der Waals surface area contributed by atoms with Gasteiger partial charge in [0.05, 0.1) is 16.7 Å². The number of aryl methyl sites for hydroxylation is 1. The van der Waals surface area contributed by atoms with Crippen molar-refractivity contribution in [2.45, 2.75) is 49.6 Å². The lowest BCUT2D eigenvalue weighted by atomic mass is 10.2. The molecule has 2 aromatic heterocycles. The Bertz CT molecular complexity index is 928. The van der Waals surface area contributed by atoms with Gasteiger partial charge in [0.1, 0.15) is 0 Å². The molecule has 7 heteroatoms. The Morgan fingerprint density at radius 1 is 1.25 bits per heavy atom. The SMILES string of the molecule is Cc1noc(CSc2nc3ccccc3c(=O)n2C2CCCC2)n1. The van der Waals surface area contributed by atoms with Crippen molar-refractivity contribution < 1.29 is 4.52 Å². The van der Waals surface area contributed by atoms with E-state index in [0.29, 0.717) is 22.9 Å². The van der Waals surface area contributed by atoms with Gasteiger partial charge < -0.3 is 4.52 Å². The summed E-state index contributed by atoms with van der Waals surface area (Å²) in [5.74, 6) is 1.68. The predicted molar refractivity (Wildman–Crippen MR) is 92.1 cm³/mol. The summed E-state index contributed by atoms with van der Waals surface area (Å²) in [7, 11) is 0. The molecule has 1 aliphatic rings. The second-order valence-electron chi connectivity index (χ2n) is 6.05. The van der Waals surface area contributed by atoms with Crippen LogP contribution in [0.2, 0.25) is 0 Å². The predicted octanol–water partition coefficient (Wildman–Crippen LogP) is 3.50. The zero-order valence-electron chi connectivity index (χ0n) is 13.4. The van der Waals surface area contributed by atoms with Crippen LogP contribution in [0, 0.1) is 6.92 Å². The fourth-order valence-electron chi connectivity index (χ4n) is 3.24. The maximum absolute atomic E-state index is 13.0. The first-order valence-corrected chi connectivity index (χ1v) is 9.14. The summed E-state index contributed by atoms with van der Waals surface area (Å²) in [4.78, 5) is 22.0. The number of fused-ring (bicyclic) bond motifs is 1. The third-order valence-corrected chi connectivity index (χ3v) is 5.30. The number of para-hydroxylation sites is 1. The Morgan fingerprint density at radius 2 is 2.04 bits per heavy atom. The van der Waals surface area contributed by atoms with Crippen LogP contribution in [0.1, 0.15) is 43.4 Å². The van der Waals surface area contributed by atoms with E-state index in [1.807, 2.05) is 28.8 Å². The molecule has 0 bridgehead atoms. The smallest absolute Gasteiger partial charge is 0.262 e. The summed E-state index contributed by atoms with van der Waals surface area (Å²) in [6, 6.07) is 7.77. The molecule has 3 aromatic rings. The maximum Gasteiger partial charge on any atom is 0.262 e. The minimum absolute atomic E-state index is 0.0525. The van der Waals surface area contributed by atoms with E-state index in [-0.39, 0.29) is 11.6 Å². The van der Waals surface area contributed by atoms with E-state index in [4.69, 9.17) is 9.51 Å². The highest BCUT2D eigenvalue weighted by Crippen LogP contribution is 2.32. The highest BCUT2D eigenvalue weighted by Gasteiger charge is 2.23. The van der Waals surface area contributed by atoms with Crippen molar-refractivity contribution in [2.75, 3.05) is 0 Å². The topological polar surface area (TPSA) is 73.8 Å². The molecule has 6 nitrogen and oxygen atoms in total. The number of hydrogen-bond acceptors (Lipinski definition) is 6. The average Bonchev–Trinajstić information content (AvgIpc) is 3.25. The molecule has 0 atom stereocenters. The lowest BCUT2D eigenvalue weighted by molar-refractivity contribution is 0.386. The Balaban J connectivity index is 1.76. The van der Waals surface area contributed by atoms with Gasteiger partial charge in [-0.05, 0) is 31.9 Å². The van der Waals surface area contributed by atoms with Crippen LogP contribution >= 0.6 is 11.8 Å². The normalized spacial score (nSPS) is 15.4. The molecular formula is C17H18N4O2S. The van der Waals surface area contributed by atoms with Gasteiger partial charge in [0, 0.05) is 6.04 Å². The van der Waals surface area contributed by atoms with Crippen LogP contribution in [-0.4, -0.2) is 19.7 Å². The van der Waals surface area contributed by atoms with Gasteiger partial charge >= 0.3 is 0 Å². The molecule has 1 aliphatic carbocycles. The van der Waals surface area contributed by atoms with Crippen LogP contribution in [0.4, 0.5) is 0 Å². The Morgan fingerprint density at radius 3 is 2.79 bits per heavy atom. The van der Waals surface area contributed by atoms with Crippen LogP contribution in [0.5, 0.6) is 0 Å². The number of nitrogens with zero attached hydrogens (tertiary/aromatic N) is 4. The van der Waals surface area contributed by atoms with Crippen molar-refractivity contribution in [2.24, 2.45) is 0 Å². The molecule has 1 saturated carbocycles. The van der Waals surface area contributed by atoms with Crippen molar-refractivity contribution in [3.05, 3.63) is 46.3 Å². The molecule has 2 heterocycles. The standard InChI is InChI=1S/C17H18N4O2S/c1-11-18-15(23-20-11)10-24-17-19-14-9-5-4-8-13(14)16(22)21(17)12-6-2-3-7-12/h4-5,8-9,12H,2-3,6-7,10H2,1H3. The molecule has 24 heavy (non-hydrogen) atoms. The zero-order chi connectivity index (χ0) is 16.5. The molecule has 1 fully saturated rings. The first-order valence-electron chi connectivity index (χ1n) is 8.15. The van der Waals surface area contributed by atoms with Gasteiger partial charge in [-0.1, -0.05) is 41.9 Å². The van der Waals surface area contributed by atoms with Gasteiger partial charge in [0.15, 0.2) is 11.0 Å². The van der Waals surface area contributed by atoms with E-state index < -0.39 is 0 Å². The lowest BCUT2D eigenvalue weighted by Gasteiger charge is -2.18. The molecule has 1 aromatic carbocycles. The monoisotopic (exact) mass is 342 g/mol. The van der Waals surface area contributed by atoms with Crippen molar-refractivity contribution >= 4 is 22.7 Å². The number of hydrogen-bond donors (Lipinski definition) is 0. The van der Waals surface area contributed by atoms with Crippen LogP contribution in [0.25, 0.3) is 10.9 Å². The number of aromatic nitrogens is 4. The average molecular weight is 342 g/mol. The summed E-state index contributed by atoms with van der Waals surface area (Å²) in [6.45, 7) is 1.79.